The molecule has 2 N–H and O–H groups in total. The molecule has 108 valence electrons. The SMILES string of the molecule is CC1CCCCCN1C(=O)NC1(C(=O)O)CCCC1. The molecule has 0 aromatic rings. The summed E-state index contributed by atoms with van der Waals surface area (Å²) in [5, 5.41) is 12.2. The van der Waals surface area contributed by atoms with Crippen LogP contribution in [0.2, 0.25) is 0 Å². The van der Waals surface area contributed by atoms with Crippen LogP contribution in [-0.4, -0.2) is 40.1 Å². The van der Waals surface area contributed by atoms with E-state index < -0.39 is 11.5 Å². The van der Waals surface area contributed by atoms with Gasteiger partial charge in [0.25, 0.3) is 0 Å². The zero-order chi connectivity index (χ0) is 13.9. The highest BCUT2D eigenvalue weighted by molar-refractivity contribution is 5.86. The lowest BCUT2D eigenvalue weighted by atomic mass is 9.98. The Labute approximate surface area is 114 Å². The number of carboxylic acid groups (broad SMARTS) is 1. The summed E-state index contributed by atoms with van der Waals surface area (Å²) in [6.45, 7) is 2.79. The monoisotopic (exact) mass is 268 g/mol. The maximum Gasteiger partial charge on any atom is 0.329 e. The number of amides is 2. The summed E-state index contributed by atoms with van der Waals surface area (Å²) in [5.41, 5.74) is -1.02. The van der Waals surface area contributed by atoms with E-state index in [2.05, 4.69) is 5.32 Å². The molecule has 5 heteroatoms. The molecule has 0 aromatic heterocycles. The number of carbonyl (C=O) groups is 2. The smallest absolute Gasteiger partial charge is 0.329 e. The molecule has 1 aliphatic carbocycles. The zero-order valence-electron chi connectivity index (χ0n) is 11.7. The molecule has 2 aliphatic rings. The number of carboxylic acids is 1. The third-order valence-corrected chi connectivity index (χ3v) is 4.53. The minimum Gasteiger partial charge on any atom is -0.480 e. The Morgan fingerprint density at radius 1 is 1.16 bits per heavy atom. The second-order valence-corrected chi connectivity index (χ2v) is 5.92. The standard InChI is InChI=1S/C14H24N2O3/c1-11-7-3-2-6-10-16(11)13(19)15-14(12(17)18)8-4-5-9-14/h11H,2-10H2,1H3,(H,15,19)(H,17,18). The fourth-order valence-electron chi connectivity index (χ4n) is 3.22. The minimum absolute atomic E-state index is 0.196. The van der Waals surface area contributed by atoms with Crippen molar-refractivity contribution in [2.75, 3.05) is 6.54 Å². The Kier molecular flexibility index (Phi) is 4.32. The highest BCUT2D eigenvalue weighted by Gasteiger charge is 2.43. The molecule has 2 fully saturated rings. The van der Waals surface area contributed by atoms with Gasteiger partial charge in [0.1, 0.15) is 5.54 Å². The first-order valence-electron chi connectivity index (χ1n) is 7.37. The van der Waals surface area contributed by atoms with Gasteiger partial charge < -0.3 is 15.3 Å². The first kappa shape index (κ1) is 14.2. The van der Waals surface area contributed by atoms with E-state index in [1.54, 1.807) is 0 Å². The van der Waals surface area contributed by atoms with Crippen LogP contribution in [0.25, 0.3) is 0 Å². The summed E-state index contributed by atoms with van der Waals surface area (Å²) < 4.78 is 0. The van der Waals surface area contributed by atoms with Crippen LogP contribution in [0.1, 0.15) is 58.3 Å². The molecule has 0 aromatic carbocycles. The number of hydrogen-bond acceptors (Lipinski definition) is 2. The molecule has 1 atom stereocenters. The van der Waals surface area contributed by atoms with Gasteiger partial charge >= 0.3 is 12.0 Å². The Bertz CT molecular complexity index is 351. The first-order valence-corrected chi connectivity index (χ1v) is 7.37. The van der Waals surface area contributed by atoms with E-state index in [0.29, 0.717) is 12.8 Å². The van der Waals surface area contributed by atoms with E-state index >= 15 is 0 Å². The second kappa shape index (κ2) is 5.80. The largest absolute Gasteiger partial charge is 0.480 e. The van der Waals surface area contributed by atoms with Gasteiger partial charge in [-0.3, -0.25) is 0 Å². The predicted octanol–water partition coefficient (Wildman–Crippen LogP) is 2.36. The van der Waals surface area contributed by atoms with Gasteiger partial charge in [-0.2, -0.15) is 0 Å². The molecular formula is C14H24N2O3. The van der Waals surface area contributed by atoms with Gasteiger partial charge in [-0.25, -0.2) is 9.59 Å². The molecule has 19 heavy (non-hydrogen) atoms. The molecule has 1 saturated heterocycles. The number of nitrogens with zero attached hydrogens (tertiary/aromatic N) is 1. The zero-order valence-corrected chi connectivity index (χ0v) is 11.7. The van der Waals surface area contributed by atoms with Gasteiger partial charge in [0.05, 0.1) is 0 Å². The number of carbonyl (C=O) groups excluding carboxylic acids is 1. The van der Waals surface area contributed by atoms with E-state index in [0.717, 1.165) is 45.1 Å². The number of nitrogens with one attached hydrogen (secondary N) is 1. The first-order chi connectivity index (χ1) is 9.05. The van der Waals surface area contributed by atoms with Crippen molar-refractivity contribution >= 4 is 12.0 Å². The minimum atomic E-state index is -1.02. The third-order valence-electron chi connectivity index (χ3n) is 4.53. The summed E-state index contributed by atoms with van der Waals surface area (Å²) in [6, 6.07) is 0.00782. The molecule has 1 heterocycles. The maximum absolute atomic E-state index is 12.4. The molecule has 1 unspecified atom stereocenters. The average molecular weight is 268 g/mol. The fourth-order valence-corrected chi connectivity index (χ4v) is 3.22. The van der Waals surface area contributed by atoms with E-state index in [9.17, 15) is 14.7 Å². The van der Waals surface area contributed by atoms with Crippen molar-refractivity contribution in [2.45, 2.75) is 69.9 Å². The number of hydrogen-bond donors (Lipinski definition) is 2. The van der Waals surface area contributed by atoms with Crippen molar-refractivity contribution in [3.8, 4) is 0 Å². The number of urea groups is 1. The lowest BCUT2D eigenvalue weighted by molar-refractivity contribution is -0.144. The average Bonchev–Trinajstić information content (AvgIpc) is 2.72. The third kappa shape index (κ3) is 3.01. The lowest BCUT2D eigenvalue weighted by Gasteiger charge is -2.32. The van der Waals surface area contributed by atoms with Crippen LogP contribution in [-0.2, 0) is 4.79 Å². The van der Waals surface area contributed by atoms with Crippen LogP contribution in [0.5, 0.6) is 0 Å². The van der Waals surface area contributed by atoms with Crippen molar-refractivity contribution < 1.29 is 14.7 Å². The van der Waals surface area contributed by atoms with E-state index in [4.69, 9.17) is 0 Å². The molecule has 1 aliphatic heterocycles. The molecule has 1 saturated carbocycles. The fraction of sp³-hybridized carbons (Fsp3) is 0.857. The van der Waals surface area contributed by atoms with E-state index in [1.165, 1.54) is 0 Å². The molecule has 5 nitrogen and oxygen atoms in total. The Morgan fingerprint density at radius 3 is 2.47 bits per heavy atom. The van der Waals surface area contributed by atoms with Gasteiger partial charge in [0.2, 0.25) is 0 Å². The Morgan fingerprint density at radius 2 is 1.84 bits per heavy atom. The van der Waals surface area contributed by atoms with Crippen LogP contribution >= 0.6 is 0 Å². The molecule has 0 bridgehead atoms. The topological polar surface area (TPSA) is 69.6 Å². The van der Waals surface area contributed by atoms with Crippen LogP contribution in [0.4, 0.5) is 4.79 Å². The van der Waals surface area contributed by atoms with Crippen LogP contribution in [0.15, 0.2) is 0 Å². The van der Waals surface area contributed by atoms with Crippen LogP contribution in [0.3, 0.4) is 0 Å². The Balaban J connectivity index is 2.04. The van der Waals surface area contributed by atoms with E-state index in [-0.39, 0.29) is 12.1 Å². The summed E-state index contributed by atoms with van der Waals surface area (Å²) in [7, 11) is 0. The normalized spacial score (nSPS) is 26.8. The molecular weight excluding hydrogens is 244 g/mol. The summed E-state index contributed by atoms with van der Waals surface area (Å²) in [4.78, 5) is 25.7. The van der Waals surface area contributed by atoms with Gasteiger partial charge in [-0.05, 0) is 32.6 Å². The highest BCUT2D eigenvalue weighted by Crippen LogP contribution is 2.30. The Hall–Kier alpha value is -1.26. The van der Waals surface area contributed by atoms with Gasteiger partial charge in [0.15, 0.2) is 0 Å². The summed E-state index contributed by atoms with van der Waals surface area (Å²) in [6.07, 6.45) is 7.18. The lowest BCUT2D eigenvalue weighted by Crippen LogP contribution is -2.57. The van der Waals surface area contributed by atoms with Crippen molar-refractivity contribution in [2.24, 2.45) is 0 Å². The molecule has 0 radical (unpaired) electrons. The second-order valence-electron chi connectivity index (χ2n) is 5.92. The van der Waals surface area contributed by atoms with Crippen molar-refractivity contribution in [1.82, 2.24) is 10.2 Å². The maximum atomic E-state index is 12.4. The number of likely N-dealkylation sites (tertiary alicyclic amines) is 1. The molecule has 0 spiro atoms. The molecule has 2 rings (SSSR count). The van der Waals surface area contributed by atoms with Crippen molar-refractivity contribution in [1.29, 1.82) is 0 Å². The van der Waals surface area contributed by atoms with Gasteiger partial charge in [-0.1, -0.05) is 25.7 Å². The summed E-state index contributed by atoms with van der Waals surface area (Å²) >= 11 is 0. The predicted molar refractivity (Wildman–Crippen MR) is 72.0 cm³/mol. The highest BCUT2D eigenvalue weighted by atomic mass is 16.4. The summed E-state index contributed by atoms with van der Waals surface area (Å²) in [5.74, 6) is -0.888. The van der Waals surface area contributed by atoms with Crippen LogP contribution < -0.4 is 5.32 Å². The number of rotatable bonds is 2. The number of aliphatic carboxylic acids is 1. The quantitative estimate of drug-likeness (QED) is 0.807. The van der Waals surface area contributed by atoms with Crippen LogP contribution in [0, 0.1) is 0 Å². The molecule has 2 amide bonds. The van der Waals surface area contributed by atoms with Crippen molar-refractivity contribution in [3.63, 3.8) is 0 Å². The van der Waals surface area contributed by atoms with Gasteiger partial charge in [0, 0.05) is 12.6 Å². The van der Waals surface area contributed by atoms with E-state index in [1.807, 2.05) is 11.8 Å². The van der Waals surface area contributed by atoms with Gasteiger partial charge in [-0.15, -0.1) is 0 Å². The van der Waals surface area contributed by atoms with Crippen molar-refractivity contribution in [3.05, 3.63) is 0 Å².